The summed E-state index contributed by atoms with van der Waals surface area (Å²) in [5.74, 6) is 0.836. The summed E-state index contributed by atoms with van der Waals surface area (Å²) in [7, 11) is 0. The van der Waals surface area contributed by atoms with Crippen molar-refractivity contribution in [1.29, 1.82) is 0 Å². The number of hydrogen-bond donors (Lipinski definition) is 3. The number of hydrogen-bond acceptors (Lipinski definition) is 3. The fourth-order valence-electron chi connectivity index (χ4n) is 2.71. The van der Waals surface area contributed by atoms with Crippen LogP contribution in [0.2, 0.25) is 0 Å². The summed E-state index contributed by atoms with van der Waals surface area (Å²) < 4.78 is 0. The van der Waals surface area contributed by atoms with Gasteiger partial charge in [-0.1, -0.05) is 49.7 Å². The molecule has 21 heavy (non-hydrogen) atoms. The highest BCUT2D eigenvalue weighted by atomic mass is 16.3. The molecule has 0 aliphatic carbocycles. The fraction of sp³-hybridized carbons (Fsp3) is 0.444. The summed E-state index contributed by atoms with van der Waals surface area (Å²) in [5, 5.41) is 24.9. The molecule has 3 nitrogen and oxygen atoms in total. The van der Waals surface area contributed by atoms with Crippen molar-refractivity contribution in [3.8, 4) is 5.75 Å². The minimum Gasteiger partial charge on any atom is -0.507 e. The van der Waals surface area contributed by atoms with Gasteiger partial charge >= 0.3 is 0 Å². The fourth-order valence-corrected chi connectivity index (χ4v) is 2.71. The van der Waals surface area contributed by atoms with E-state index in [4.69, 9.17) is 5.11 Å². The van der Waals surface area contributed by atoms with Crippen molar-refractivity contribution >= 4 is 10.8 Å². The number of aliphatic hydroxyl groups excluding tert-OH is 1. The monoisotopic (exact) mass is 287 g/mol. The molecule has 3 N–H and O–H groups in total. The van der Waals surface area contributed by atoms with Crippen molar-refractivity contribution < 1.29 is 10.2 Å². The van der Waals surface area contributed by atoms with E-state index >= 15 is 0 Å². The van der Waals surface area contributed by atoms with E-state index in [1.54, 1.807) is 0 Å². The molecule has 0 aliphatic rings. The Morgan fingerprint density at radius 2 is 1.90 bits per heavy atom. The topological polar surface area (TPSA) is 52.5 Å². The Kier molecular flexibility index (Phi) is 5.59. The largest absolute Gasteiger partial charge is 0.507 e. The van der Waals surface area contributed by atoms with Crippen molar-refractivity contribution in [2.75, 3.05) is 13.2 Å². The van der Waals surface area contributed by atoms with Crippen LogP contribution in [0, 0.1) is 5.92 Å². The number of aromatic hydroxyl groups is 1. The number of rotatable bonds is 7. The van der Waals surface area contributed by atoms with E-state index in [0.717, 1.165) is 35.7 Å². The van der Waals surface area contributed by atoms with Gasteiger partial charge in [-0.05, 0) is 31.2 Å². The molecule has 2 aromatic carbocycles. The molecule has 0 fully saturated rings. The number of phenolic OH excluding ortho intramolecular Hbond substituents is 1. The number of fused-ring (bicyclic) bond motifs is 1. The third-order valence-electron chi connectivity index (χ3n) is 4.23. The van der Waals surface area contributed by atoms with Gasteiger partial charge < -0.3 is 15.5 Å². The lowest BCUT2D eigenvalue weighted by molar-refractivity contribution is 0.249. The highest BCUT2D eigenvalue weighted by Crippen LogP contribution is 2.32. The van der Waals surface area contributed by atoms with Gasteiger partial charge in [0.25, 0.3) is 0 Å². The summed E-state index contributed by atoms with van der Waals surface area (Å²) in [6.07, 6.45) is 1.86. The predicted octanol–water partition coefficient (Wildman–Crippen LogP) is 3.60. The van der Waals surface area contributed by atoms with Gasteiger partial charge in [0.2, 0.25) is 0 Å². The second kappa shape index (κ2) is 7.43. The van der Waals surface area contributed by atoms with E-state index in [2.05, 4.69) is 19.2 Å². The summed E-state index contributed by atoms with van der Waals surface area (Å²) in [5.41, 5.74) is 0.924. The molecule has 0 spiro atoms. The Bertz CT molecular complexity index is 582. The van der Waals surface area contributed by atoms with Crippen LogP contribution in [0.5, 0.6) is 5.75 Å². The van der Waals surface area contributed by atoms with Gasteiger partial charge in [-0.2, -0.15) is 0 Å². The van der Waals surface area contributed by atoms with Gasteiger partial charge in [-0.3, -0.25) is 0 Å². The van der Waals surface area contributed by atoms with Crippen LogP contribution in [-0.2, 0) is 0 Å². The Morgan fingerprint density at radius 3 is 2.62 bits per heavy atom. The van der Waals surface area contributed by atoms with Crippen LogP contribution in [0.25, 0.3) is 10.8 Å². The zero-order valence-corrected chi connectivity index (χ0v) is 12.8. The van der Waals surface area contributed by atoms with Crippen LogP contribution in [-0.4, -0.2) is 23.4 Å². The minimum absolute atomic E-state index is 0.0855. The molecule has 2 atom stereocenters. The van der Waals surface area contributed by atoms with Crippen LogP contribution < -0.4 is 5.32 Å². The highest BCUT2D eigenvalue weighted by Gasteiger charge is 2.14. The highest BCUT2D eigenvalue weighted by molar-refractivity contribution is 5.89. The minimum atomic E-state index is 0.0855. The lowest BCUT2D eigenvalue weighted by Gasteiger charge is -2.20. The molecule has 0 bridgehead atoms. The maximum absolute atomic E-state index is 10.5. The molecule has 0 saturated heterocycles. The second-order valence-electron chi connectivity index (χ2n) is 5.64. The average molecular weight is 287 g/mol. The predicted molar refractivity (Wildman–Crippen MR) is 87.5 cm³/mol. The smallest absolute Gasteiger partial charge is 0.128 e. The van der Waals surface area contributed by atoms with E-state index in [1.807, 2.05) is 36.4 Å². The first-order chi connectivity index (χ1) is 10.2. The van der Waals surface area contributed by atoms with Crippen LogP contribution >= 0.6 is 0 Å². The van der Waals surface area contributed by atoms with Gasteiger partial charge in [0.1, 0.15) is 5.75 Å². The van der Waals surface area contributed by atoms with Crippen LogP contribution in [0.15, 0.2) is 36.4 Å². The Labute approximate surface area is 126 Å². The number of benzene rings is 2. The Hall–Kier alpha value is -1.58. The van der Waals surface area contributed by atoms with Gasteiger partial charge in [-0.15, -0.1) is 0 Å². The van der Waals surface area contributed by atoms with Gasteiger partial charge in [-0.25, -0.2) is 0 Å². The van der Waals surface area contributed by atoms with Crippen molar-refractivity contribution in [3.05, 3.63) is 42.0 Å². The molecule has 0 radical (unpaired) electrons. The van der Waals surface area contributed by atoms with E-state index < -0.39 is 0 Å². The van der Waals surface area contributed by atoms with Crippen LogP contribution in [0.1, 0.15) is 38.3 Å². The van der Waals surface area contributed by atoms with Crippen molar-refractivity contribution in [1.82, 2.24) is 5.32 Å². The van der Waals surface area contributed by atoms with Gasteiger partial charge in [0.05, 0.1) is 0 Å². The first-order valence-electron chi connectivity index (χ1n) is 7.72. The Balaban J connectivity index is 2.12. The van der Waals surface area contributed by atoms with Crippen LogP contribution in [0.3, 0.4) is 0 Å². The zero-order chi connectivity index (χ0) is 15.2. The lowest BCUT2D eigenvalue weighted by Crippen LogP contribution is -2.26. The molecule has 0 aromatic heterocycles. The first kappa shape index (κ1) is 15.8. The molecule has 2 unspecified atom stereocenters. The van der Waals surface area contributed by atoms with E-state index in [9.17, 15) is 5.11 Å². The number of nitrogens with one attached hydrogen (secondary N) is 1. The van der Waals surface area contributed by atoms with Crippen molar-refractivity contribution in [3.63, 3.8) is 0 Å². The SMILES string of the molecule is CCC(CCO)CNC(C)c1ccc2ccccc2c1O. The maximum Gasteiger partial charge on any atom is 0.128 e. The molecule has 2 rings (SSSR count). The number of phenols is 1. The maximum atomic E-state index is 10.5. The second-order valence-corrected chi connectivity index (χ2v) is 5.64. The van der Waals surface area contributed by atoms with E-state index in [-0.39, 0.29) is 12.6 Å². The Morgan fingerprint density at radius 1 is 1.14 bits per heavy atom. The van der Waals surface area contributed by atoms with Crippen molar-refractivity contribution in [2.45, 2.75) is 32.7 Å². The van der Waals surface area contributed by atoms with Gasteiger partial charge in [0, 0.05) is 23.6 Å². The van der Waals surface area contributed by atoms with E-state index in [1.165, 1.54) is 0 Å². The summed E-state index contributed by atoms with van der Waals surface area (Å²) in [6, 6.07) is 12.0. The quantitative estimate of drug-likeness (QED) is 0.729. The zero-order valence-electron chi connectivity index (χ0n) is 12.8. The molecular formula is C18H25NO2. The summed E-state index contributed by atoms with van der Waals surface area (Å²) in [4.78, 5) is 0. The molecule has 0 aliphatic heterocycles. The van der Waals surface area contributed by atoms with Crippen molar-refractivity contribution in [2.24, 2.45) is 5.92 Å². The number of aliphatic hydroxyl groups is 1. The molecule has 114 valence electrons. The van der Waals surface area contributed by atoms with Gasteiger partial charge in [0.15, 0.2) is 0 Å². The molecule has 2 aromatic rings. The third kappa shape index (κ3) is 3.74. The normalized spacial score (nSPS) is 14.2. The molecule has 0 amide bonds. The molecule has 0 saturated carbocycles. The molecular weight excluding hydrogens is 262 g/mol. The summed E-state index contributed by atoms with van der Waals surface area (Å²) >= 11 is 0. The van der Waals surface area contributed by atoms with E-state index in [0.29, 0.717) is 11.7 Å². The third-order valence-corrected chi connectivity index (χ3v) is 4.23. The lowest BCUT2D eigenvalue weighted by atomic mass is 9.99. The van der Waals surface area contributed by atoms with Crippen LogP contribution in [0.4, 0.5) is 0 Å². The summed E-state index contributed by atoms with van der Waals surface area (Å²) in [6.45, 7) is 5.29. The average Bonchev–Trinajstić information content (AvgIpc) is 2.51. The standard InChI is InChI=1S/C18H25NO2/c1-3-14(10-11-20)12-19-13(2)16-9-8-15-6-4-5-7-17(15)18(16)21/h4-9,13-14,19-21H,3,10-12H2,1-2H3. The molecule has 0 heterocycles. The first-order valence-corrected chi connectivity index (χ1v) is 7.72. The molecule has 3 heteroatoms.